The van der Waals surface area contributed by atoms with Gasteiger partial charge in [0.15, 0.2) is 0 Å². The lowest BCUT2D eigenvalue weighted by atomic mass is 10.3. The van der Waals surface area contributed by atoms with Gasteiger partial charge in [-0.05, 0) is 19.1 Å². The summed E-state index contributed by atoms with van der Waals surface area (Å²) in [6.45, 7) is 2.00. The van der Waals surface area contributed by atoms with Crippen molar-refractivity contribution in [3.8, 4) is 0 Å². The van der Waals surface area contributed by atoms with Gasteiger partial charge in [0.25, 0.3) is 10.2 Å². The minimum Gasteiger partial charge on any atom is -0.469 e. The lowest BCUT2D eigenvalue weighted by Gasteiger charge is -2.17. The van der Waals surface area contributed by atoms with Crippen molar-refractivity contribution in [3.05, 3.63) is 29.6 Å². The Balaban J connectivity index is 2.54. The highest BCUT2D eigenvalue weighted by Crippen LogP contribution is 2.01. The van der Waals surface area contributed by atoms with E-state index in [1.165, 1.54) is 14.2 Å². The number of esters is 1. The number of hydrogen-bond donors (Lipinski definition) is 1. The van der Waals surface area contributed by atoms with Crippen LogP contribution in [-0.2, 0) is 26.3 Å². The Morgan fingerprint density at radius 3 is 2.75 bits per heavy atom. The normalized spacial score (nSPS) is 11.6. The lowest BCUT2D eigenvalue weighted by Crippen LogP contribution is -2.39. The average molecular weight is 301 g/mol. The first-order valence-electron chi connectivity index (χ1n) is 6.05. The molecule has 0 aliphatic carbocycles. The summed E-state index contributed by atoms with van der Waals surface area (Å²) in [5, 5.41) is 0. The second-order valence-electron chi connectivity index (χ2n) is 4.24. The van der Waals surface area contributed by atoms with Crippen LogP contribution in [0.4, 0.5) is 0 Å². The summed E-state index contributed by atoms with van der Waals surface area (Å²) in [5.41, 5.74) is 1.45. The molecule has 1 N–H and O–H groups in total. The van der Waals surface area contributed by atoms with Gasteiger partial charge in [0.05, 0.1) is 25.8 Å². The fourth-order valence-corrected chi connectivity index (χ4v) is 2.33. The van der Waals surface area contributed by atoms with Gasteiger partial charge in [-0.25, -0.2) is 0 Å². The number of carbonyl (C=O) groups is 1. The molecule has 1 rings (SSSR count). The smallest absolute Gasteiger partial charge is 0.306 e. The quantitative estimate of drug-likeness (QED) is 0.728. The van der Waals surface area contributed by atoms with E-state index in [9.17, 15) is 13.2 Å². The van der Waals surface area contributed by atoms with Crippen molar-refractivity contribution in [1.82, 2.24) is 14.0 Å². The van der Waals surface area contributed by atoms with E-state index in [0.29, 0.717) is 5.69 Å². The van der Waals surface area contributed by atoms with Crippen LogP contribution in [0.15, 0.2) is 18.2 Å². The summed E-state index contributed by atoms with van der Waals surface area (Å²) in [6, 6.07) is 5.39. The van der Waals surface area contributed by atoms with Gasteiger partial charge in [0.2, 0.25) is 0 Å². The highest BCUT2D eigenvalue weighted by Gasteiger charge is 2.18. The van der Waals surface area contributed by atoms with Crippen LogP contribution in [-0.4, -0.2) is 44.4 Å². The van der Waals surface area contributed by atoms with Gasteiger partial charge in [-0.2, -0.15) is 17.4 Å². The molecule has 0 aliphatic rings. The maximum absolute atomic E-state index is 11.9. The molecule has 0 bridgehead atoms. The summed E-state index contributed by atoms with van der Waals surface area (Å²) >= 11 is 0. The van der Waals surface area contributed by atoms with Crippen LogP contribution in [0.2, 0.25) is 0 Å². The molecule has 1 aromatic rings. The highest BCUT2D eigenvalue weighted by atomic mass is 32.2. The molecule has 8 heteroatoms. The van der Waals surface area contributed by atoms with Crippen LogP contribution in [0.3, 0.4) is 0 Å². The molecule has 0 amide bonds. The summed E-state index contributed by atoms with van der Waals surface area (Å²) < 4.78 is 31.8. The lowest BCUT2D eigenvalue weighted by molar-refractivity contribution is -0.140. The van der Waals surface area contributed by atoms with E-state index in [1.54, 1.807) is 6.07 Å². The molecule has 0 atom stereocenters. The fraction of sp³-hybridized carbons (Fsp3) is 0.500. The predicted molar refractivity (Wildman–Crippen MR) is 74.0 cm³/mol. The van der Waals surface area contributed by atoms with E-state index in [2.05, 4.69) is 14.4 Å². The minimum absolute atomic E-state index is 0.0105. The van der Waals surface area contributed by atoms with Crippen molar-refractivity contribution in [2.24, 2.45) is 0 Å². The van der Waals surface area contributed by atoms with Gasteiger partial charge >= 0.3 is 5.97 Å². The van der Waals surface area contributed by atoms with Crippen molar-refractivity contribution in [3.63, 3.8) is 0 Å². The molecular formula is C12H19N3O4S. The zero-order valence-electron chi connectivity index (χ0n) is 11.8. The topological polar surface area (TPSA) is 88.6 Å². The van der Waals surface area contributed by atoms with Gasteiger partial charge < -0.3 is 4.74 Å². The maximum Gasteiger partial charge on any atom is 0.306 e. The number of rotatable bonds is 7. The number of aromatic nitrogens is 1. The first kappa shape index (κ1) is 16.5. The molecular weight excluding hydrogens is 282 g/mol. The number of carbonyl (C=O) groups excluding carboxylic acids is 1. The third kappa shape index (κ3) is 5.24. The average Bonchev–Trinajstić information content (AvgIpc) is 2.42. The molecule has 0 saturated carbocycles. The fourth-order valence-electron chi connectivity index (χ4n) is 1.44. The number of nitrogens with zero attached hydrogens (tertiary/aromatic N) is 2. The van der Waals surface area contributed by atoms with Crippen molar-refractivity contribution in [2.75, 3.05) is 20.7 Å². The molecule has 1 aromatic heterocycles. The predicted octanol–water partition coefficient (Wildman–Crippen LogP) is 0.219. The maximum atomic E-state index is 11.9. The second kappa shape index (κ2) is 7.32. The van der Waals surface area contributed by atoms with E-state index in [-0.39, 0.29) is 19.5 Å². The van der Waals surface area contributed by atoms with Crippen LogP contribution >= 0.6 is 0 Å². The number of hydrogen-bond acceptors (Lipinski definition) is 5. The van der Waals surface area contributed by atoms with E-state index in [1.807, 2.05) is 19.1 Å². The number of aryl methyl sites for hydroxylation is 1. The SMILES string of the molecule is COC(=O)CCN(C)S(=O)(=O)NCc1cccc(C)n1. The van der Waals surface area contributed by atoms with Crippen LogP contribution in [0.1, 0.15) is 17.8 Å². The standard InChI is InChI=1S/C12H19N3O4S/c1-10-5-4-6-11(14-10)9-13-20(17,18)15(2)8-7-12(16)19-3/h4-6,13H,7-9H2,1-3H3. The molecule has 0 aliphatic heterocycles. The Labute approximate surface area is 119 Å². The van der Waals surface area contributed by atoms with Crippen molar-refractivity contribution in [1.29, 1.82) is 0 Å². The third-order valence-electron chi connectivity index (χ3n) is 2.65. The first-order valence-corrected chi connectivity index (χ1v) is 7.49. The molecule has 0 aromatic carbocycles. The Morgan fingerprint density at radius 1 is 1.45 bits per heavy atom. The molecule has 7 nitrogen and oxygen atoms in total. The Morgan fingerprint density at radius 2 is 2.15 bits per heavy atom. The van der Waals surface area contributed by atoms with Crippen LogP contribution in [0.25, 0.3) is 0 Å². The van der Waals surface area contributed by atoms with Gasteiger partial charge in [-0.3, -0.25) is 9.78 Å². The van der Waals surface area contributed by atoms with E-state index in [0.717, 1.165) is 10.00 Å². The Hall–Kier alpha value is -1.51. The van der Waals surface area contributed by atoms with Crippen molar-refractivity contribution >= 4 is 16.2 Å². The summed E-state index contributed by atoms with van der Waals surface area (Å²) in [7, 11) is -0.980. The number of methoxy groups -OCH3 is 1. The molecule has 20 heavy (non-hydrogen) atoms. The zero-order valence-corrected chi connectivity index (χ0v) is 12.6. The first-order chi connectivity index (χ1) is 9.35. The van der Waals surface area contributed by atoms with Crippen molar-refractivity contribution < 1.29 is 17.9 Å². The molecule has 0 spiro atoms. The number of ether oxygens (including phenoxy) is 1. The third-order valence-corrected chi connectivity index (χ3v) is 4.16. The van der Waals surface area contributed by atoms with E-state index in [4.69, 9.17) is 0 Å². The summed E-state index contributed by atoms with van der Waals surface area (Å²) in [4.78, 5) is 15.2. The molecule has 0 fully saturated rings. The summed E-state index contributed by atoms with van der Waals surface area (Å²) in [6.07, 6.45) is 0.0105. The second-order valence-corrected chi connectivity index (χ2v) is 6.11. The molecule has 0 saturated heterocycles. The van der Waals surface area contributed by atoms with Gasteiger partial charge in [0.1, 0.15) is 0 Å². The monoisotopic (exact) mass is 301 g/mol. The minimum atomic E-state index is -3.64. The summed E-state index contributed by atoms with van der Waals surface area (Å²) in [5.74, 6) is -0.451. The van der Waals surface area contributed by atoms with E-state index < -0.39 is 16.2 Å². The molecule has 0 unspecified atom stereocenters. The van der Waals surface area contributed by atoms with Gasteiger partial charge in [0, 0.05) is 19.3 Å². The van der Waals surface area contributed by atoms with Gasteiger partial charge in [-0.1, -0.05) is 6.07 Å². The highest BCUT2D eigenvalue weighted by molar-refractivity contribution is 7.87. The Bertz CT molecular complexity index is 560. The van der Waals surface area contributed by atoms with Gasteiger partial charge in [-0.15, -0.1) is 0 Å². The molecule has 0 radical (unpaired) electrons. The van der Waals surface area contributed by atoms with Crippen LogP contribution < -0.4 is 4.72 Å². The van der Waals surface area contributed by atoms with Crippen molar-refractivity contribution in [2.45, 2.75) is 19.9 Å². The number of pyridine rings is 1. The molecule has 112 valence electrons. The van der Waals surface area contributed by atoms with E-state index >= 15 is 0 Å². The number of nitrogens with one attached hydrogen (secondary N) is 1. The molecule has 1 heterocycles. The van der Waals surface area contributed by atoms with Crippen LogP contribution in [0.5, 0.6) is 0 Å². The van der Waals surface area contributed by atoms with Crippen LogP contribution in [0, 0.1) is 6.92 Å². The largest absolute Gasteiger partial charge is 0.469 e. The Kier molecular flexibility index (Phi) is 6.05. The zero-order chi connectivity index (χ0) is 15.2.